The summed E-state index contributed by atoms with van der Waals surface area (Å²) in [5.41, 5.74) is 1.14. The molecular formula is C18H18O4. The summed E-state index contributed by atoms with van der Waals surface area (Å²) in [6.45, 7) is 3.92. The summed E-state index contributed by atoms with van der Waals surface area (Å²) in [6.07, 6.45) is 2.14. The lowest BCUT2D eigenvalue weighted by molar-refractivity contribution is -0.147. The average Bonchev–Trinajstić information content (AvgIpc) is 2.53. The maximum absolute atomic E-state index is 12.8. The summed E-state index contributed by atoms with van der Waals surface area (Å²) in [4.78, 5) is 37.7. The molecule has 0 bridgehead atoms. The molecule has 1 aliphatic heterocycles. The van der Waals surface area contributed by atoms with Gasteiger partial charge in [0.1, 0.15) is 0 Å². The van der Waals surface area contributed by atoms with Gasteiger partial charge in [0.2, 0.25) is 5.78 Å². The zero-order valence-corrected chi connectivity index (χ0v) is 12.7. The quantitative estimate of drug-likeness (QED) is 0.803. The topological polar surface area (TPSA) is 60.4 Å². The first-order chi connectivity index (χ1) is 10.6. The van der Waals surface area contributed by atoms with Crippen LogP contribution in [0.5, 0.6) is 0 Å². The Kier molecular flexibility index (Phi) is 3.69. The van der Waals surface area contributed by atoms with Crippen molar-refractivity contribution in [2.45, 2.75) is 33.1 Å². The van der Waals surface area contributed by atoms with Gasteiger partial charge in [-0.05, 0) is 12.8 Å². The first-order valence-electron chi connectivity index (χ1n) is 7.74. The molecule has 2 atom stereocenters. The van der Waals surface area contributed by atoms with Crippen molar-refractivity contribution in [2.24, 2.45) is 11.8 Å². The lowest BCUT2D eigenvalue weighted by Crippen LogP contribution is -2.39. The zero-order valence-electron chi connectivity index (χ0n) is 12.7. The van der Waals surface area contributed by atoms with Crippen molar-refractivity contribution < 1.29 is 19.1 Å². The molecule has 1 aliphatic carbocycles. The number of benzene rings is 1. The number of hydrogen-bond donors (Lipinski definition) is 0. The second kappa shape index (κ2) is 5.52. The lowest BCUT2D eigenvalue weighted by atomic mass is 9.73. The van der Waals surface area contributed by atoms with Crippen LogP contribution in [0, 0.1) is 11.8 Å². The number of allylic oxidation sites excluding steroid dienone is 2. The van der Waals surface area contributed by atoms with Gasteiger partial charge in [-0.15, -0.1) is 0 Å². The summed E-state index contributed by atoms with van der Waals surface area (Å²) in [6, 6.07) is 6.72. The highest BCUT2D eigenvalue weighted by Crippen LogP contribution is 2.41. The van der Waals surface area contributed by atoms with Crippen molar-refractivity contribution in [1.29, 1.82) is 0 Å². The fourth-order valence-corrected chi connectivity index (χ4v) is 3.46. The van der Waals surface area contributed by atoms with Crippen LogP contribution in [0.4, 0.5) is 0 Å². The molecule has 22 heavy (non-hydrogen) atoms. The van der Waals surface area contributed by atoms with E-state index < -0.39 is 0 Å². The molecule has 0 radical (unpaired) electrons. The minimum Gasteiger partial charge on any atom is -0.422 e. The van der Waals surface area contributed by atoms with Crippen LogP contribution in [0.2, 0.25) is 0 Å². The number of hydrogen-bond acceptors (Lipinski definition) is 4. The largest absolute Gasteiger partial charge is 0.422 e. The smallest absolute Gasteiger partial charge is 0.315 e. The third kappa shape index (κ3) is 2.02. The molecule has 0 saturated heterocycles. The zero-order chi connectivity index (χ0) is 15.9. The maximum Gasteiger partial charge on any atom is 0.315 e. The van der Waals surface area contributed by atoms with Gasteiger partial charge in [0.25, 0.3) is 0 Å². The molecule has 0 saturated carbocycles. The van der Waals surface area contributed by atoms with Gasteiger partial charge in [-0.25, -0.2) is 0 Å². The van der Waals surface area contributed by atoms with Crippen LogP contribution in [-0.4, -0.2) is 17.5 Å². The van der Waals surface area contributed by atoms with Crippen molar-refractivity contribution in [2.75, 3.05) is 0 Å². The van der Waals surface area contributed by atoms with E-state index >= 15 is 0 Å². The summed E-state index contributed by atoms with van der Waals surface area (Å²) in [7, 11) is 0. The summed E-state index contributed by atoms with van der Waals surface area (Å²) in [5.74, 6) is -1.53. The van der Waals surface area contributed by atoms with Crippen molar-refractivity contribution in [1.82, 2.24) is 0 Å². The highest BCUT2D eigenvalue weighted by atomic mass is 16.5. The predicted molar refractivity (Wildman–Crippen MR) is 80.4 cm³/mol. The molecule has 4 heteroatoms. The Morgan fingerprint density at radius 1 is 0.955 bits per heavy atom. The van der Waals surface area contributed by atoms with Crippen LogP contribution < -0.4 is 0 Å². The van der Waals surface area contributed by atoms with Crippen molar-refractivity contribution in [3.8, 4) is 0 Å². The third-order valence-corrected chi connectivity index (χ3v) is 4.51. The summed E-state index contributed by atoms with van der Waals surface area (Å²) in [5, 5.41) is 0. The number of esters is 1. The number of ketones is 2. The third-order valence-electron chi connectivity index (χ3n) is 4.51. The predicted octanol–water partition coefficient (Wildman–Crippen LogP) is 3.32. The first kappa shape index (κ1) is 14.7. The van der Waals surface area contributed by atoms with Crippen molar-refractivity contribution in [3.63, 3.8) is 0 Å². The maximum atomic E-state index is 12.8. The Hall–Kier alpha value is -2.23. The number of carbonyl (C=O) groups is 3. The van der Waals surface area contributed by atoms with E-state index in [4.69, 9.17) is 4.74 Å². The van der Waals surface area contributed by atoms with E-state index in [1.807, 2.05) is 13.8 Å². The van der Waals surface area contributed by atoms with Crippen LogP contribution in [0.1, 0.15) is 53.8 Å². The molecule has 3 rings (SSSR count). The van der Waals surface area contributed by atoms with Crippen molar-refractivity contribution in [3.05, 3.63) is 46.7 Å². The number of rotatable bonds is 3. The highest BCUT2D eigenvalue weighted by molar-refractivity contribution is 6.27. The molecule has 1 aromatic rings. The molecule has 4 nitrogen and oxygen atoms in total. The fourth-order valence-electron chi connectivity index (χ4n) is 3.46. The molecule has 1 heterocycles. The van der Waals surface area contributed by atoms with E-state index in [1.54, 1.807) is 24.3 Å². The minimum absolute atomic E-state index is 0.0446. The molecule has 0 N–H and O–H groups in total. The van der Waals surface area contributed by atoms with E-state index in [-0.39, 0.29) is 35.1 Å². The normalized spacial score (nSPS) is 24.0. The van der Waals surface area contributed by atoms with Gasteiger partial charge in [0.05, 0.1) is 11.5 Å². The standard InChI is InChI=1S/C18H18O4/c1-3-7-11-10(4-2)18(21)22-17-14(11)15(19)12-8-5-6-9-13(12)16(17)20/h5-6,8-11H,3-4,7H2,1-2H3/t10-,11-/m1/s1. The molecule has 0 aromatic heterocycles. The molecule has 114 valence electrons. The molecule has 2 aliphatic rings. The number of Topliss-reactive ketones (excluding diaryl/α,β-unsaturated/α-hetero) is 2. The van der Waals surface area contributed by atoms with Gasteiger partial charge in [0.15, 0.2) is 11.5 Å². The van der Waals surface area contributed by atoms with Crippen LogP contribution in [-0.2, 0) is 9.53 Å². The van der Waals surface area contributed by atoms with Gasteiger partial charge < -0.3 is 4.74 Å². The van der Waals surface area contributed by atoms with Gasteiger partial charge in [0, 0.05) is 17.0 Å². The van der Waals surface area contributed by atoms with Gasteiger partial charge >= 0.3 is 5.97 Å². The van der Waals surface area contributed by atoms with Gasteiger partial charge in [-0.2, -0.15) is 0 Å². The van der Waals surface area contributed by atoms with Crippen LogP contribution in [0.15, 0.2) is 35.6 Å². The molecule has 1 aromatic carbocycles. The Balaban J connectivity index is 2.18. The van der Waals surface area contributed by atoms with E-state index in [1.165, 1.54) is 0 Å². The Morgan fingerprint density at radius 2 is 1.59 bits per heavy atom. The van der Waals surface area contributed by atoms with Crippen LogP contribution in [0.3, 0.4) is 0 Å². The molecule has 0 spiro atoms. The highest BCUT2D eigenvalue weighted by Gasteiger charge is 2.46. The minimum atomic E-state index is -0.389. The van der Waals surface area contributed by atoms with Gasteiger partial charge in [-0.1, -0.05) is 44.5 Å². The monoisotopic (exact) mass is 298 g/mol. The SMILES string of the molecule is CCC[C@H]1C2=C(OC(=O)[C@@H]1CC)C(=O)c1ccccc1C2=O. The van der Waals surface area contributed by atoms with E-state index in [9.17, 15) is 14.4 Å². The number of fused-ring (bicyclic) bond motifs is 1. The Bertz CT molecular complexity index is 699. The van der Waals surface area contributed by atoms with Crippen LogP contribution >= 0.6 is 0 Å². The summed E-state index contributed by atoms with van der Waals surface area (Å²) >= 11 is 0. The van der Waals surface area contributed by atoms with E-state index in [0.717, 1.165) is 6.42 Å². The molecular weight excluding hydrogens is 280 g/mol. The molecule has 0 fully saturated rings. The second-order valence-corrected chi connectivity index (χ2v) is 5.78. The molecule has 0 unspecified atom stereocenters. The van der Waals surface area contributed by atoms with Crippen LogP contribution in [0.25, 0.3) is 0 Å². The van der Waals surface area contributed by atoms with E-state index in [2.05, 4.69) is 0 Å². The second-order valence-electron chi connectivity index (χ2n) is 5.78. The Morgan fingerprint density at radius 3 is 2.18 bits per heavy atom. The lowest BCUT2D eigenvalue weighted by Gasteiger charge is -2.34. The van der Waals surface area contributed by atoms with Crippen molar-refractivity contribution >= 4 is 17.5 Å². The van der Waals surface area contributed by atoms with Gasteiger partial charge in [-0.3, -0.25) is 14.4 Å². The molecule has 0 amide bonds. The number of carbonyl (C=O) groups excluding carboxylic acids is 3. The van der Waals surface area contributed by atoms with E-state index in [0.29, 0.717) is 29.5 Å². The summed E-state index contributed by atoms with van der Waals surface area (Å²) < 4.78 is 5.28. The number of ether oxygens (including phenoxy) is 1. The first-order valence-corrected chi connectivity index (χ1v) is 7.74. The Labute approximate surface area is 129 Å². The fraction of sp³-hybridized carbons (Fsp3) is 0.389. The average molecular weight is 298 g/mol.